The molecule has 13 heavy (non-hydrogen) atoms. The molecule has 0 bridgehead atoms. The number of rotatable bonds is 3. The average molecular weight is 183 g/mol. The Morgan fingerprint density at radius 2 is 2.00 bits per heavy atom. The molecular formula is C10H16FN2. The van der Waals surface area contributed by atoms with Gasteiger partial charge in [0.05, 0.1) is 5.69 Å². The Morgan fingerprint density at radius 3 is 2.46 bits per heavy atom. The predicted molar refractivity (Wildman–Crippen MR) is 49.9 cm³/mol. The third-order valence-corrected chi connectivity index (χ3v) is 1.86. The van der Waals surface area contributed by atoms with E-state index in [9.17, 15) is 4.39 Å². The molecule has 1 aromatic rings. The molecule has 1 aromatic heterocycles. The van der Waals surface area contributed by atoms with Crippen LogP contribution < -0.4 is 0 Å². The van der Waals surface area contributed by atoms with Gasteiger partial charge in [-0.05, 0) is 11.8 Å². The van der Waals surface area contributed by atoms with Crippen molar-refractivity contribution in [1.82, 2.24) is 9.78 Å². The normalized spacial score (nSPS) is 11.6. The van der Waals surface area contributed by atoms with E-state index in [1.807, 2.05) is 13.8 Å². The molecule has 2 nitrogen and oxygen atoms in total. The van der Waals surface area contributed by atoms with Crippen LogP contribution in [0.3, 0.4) is 0 Å². The second-order valence-electron chi connectivity index (χ2n) is 4.04. The van der Waals surface area contributed by atoms with Gasteiger partial charge in [0.2, 0.25) is 0 Å². The minimum atomic E-state index is -0.310. The number of halogens is 1. The van der Waals surface area contributed by atoms with Gasteiger partial charge in [0.15, 0.2) is 12.0 Å². The Kier molecular flexibility index (Phi) is 3.07. The summed E-state index contributed by atoms with van der Waals surface area (Å²) in [6, 6.07) is 0. The summed E-state index contributed by atoms with van der Waals surface area (Å²) in [6.07, 6.45) is 2.37. The van der Waals surface area contributed by atoms with Crippen molar-refractivity contribution in [3.8, 4) is 0 Å². The summed E-state index contributed by atoms with van der Waals surface area (Å²) < 4.78 is 14.9. The Morgan fingerprint density at radius 1 is 1.38 bits per heavy atom. The third kappa shape index (κ3) is 2.29. The average Bonchev–Trinajstić information content (AvgIpc) is 2.30. The summed E-state index contributed by atoms with van der Waals surface area (Å²) in [7, 11) is 0. The van der Waals surface area contributed by atoms with Crippen LogP contribution >= 0.6 is 0 Å². The molecule has 0 unspecified atom stereocenters. The lowest BCUT2D eigenvalue weighted by molar-refractivity contribution is 0.453. The van der Waals surface area contributed by atoms with Gasteiger partial charge in [-0.15, -0.1) is 0 Å². The summed E-state index contributed by atoms with van der Waals surface area (Å²) in [5.41, 5.74) is 0.661. The molecule has 0 saturated heterocycles. The van der Waals surface area contributed by atoms with E-state index in [0.29, 0.717) is 11.6 Å². The van der Waals surface area contributed by atoms with Crippen LogP contribution in [-0.2, 0) is 6.54 Å². The van der Waals surface area contributed by atoms with Crippen molar-refractivity contribution >= 4 is 0 Å². The molecule has 3 heteroatoms. The quantitative estimate of drug-likeness (QED) is 0.704. The van der Waals surface area contributed by atoms with E-state index in [-0.39, 0.29) is 11.7 Å². The zero-order chi connectivity index (χ0) is 10.0. The molecule has 0 atom stereocenters. The Bertz CT molecular complexity index is 276. The van der Waals surface area contributed by atoms with Crippen molar-refractivity contribution in [2.75, 3.05) is 0 Å². The van der Waals surface area contributed by atoms with E-state index in [2.05, 4.69) is 25.1 Å². The van der Waals surface area contributed by atoms with Crippen LogP contribution in [0.5, 0.6) is 0 Å². The maximum absolute atomic E-state index is 13.2. The molecule has 1 heterocycles. The fourth-order valence-electron chi connectivity index (χ4n) is 1.37. The van der Waals surface area contributed by atoms with E-state index in [1.165, 1.54) is 0 Å². The van der Waals surface area contributed by atoms with E-state index >= 15 is 0 Å². The largest absolute Gasteiger partial charge is 0.265 e. The molecule has 0 aliphatic rings. The van der Waals surface area contributed by atoms with E-state index < -0.39 is 0 Å². The van der Waals surface area contributed by atoms with Crippen LogP contribution in [0.4, 0.5) is 4.39 Å². The minimum absolute atomic E-state index is 0.164. The molecule has 0 fully saturated rings. The van der Waals surface area contributed by atoms with Crippen LogP contribution in [0, 0.1) is 17.9 Å². The maximum Gasteiger partial charge on any atom is 0.174 e. The van der Waals surface area contributed by atoms with Crippen molar-refractivity contribution in [2.24, 2.45) is 5.92 Å². The molecule has 1 rings (SSSR count). The van der Waals surface area contributed by atoms with Gasteiger partial charge in [-0.2, -0.15) is 5.10 Å². The first-order valence-corrected chi connectivity index (χ1v) is 4.66. The summed E-state index contributed by atoms with van der Waals surface area (Å²) in [6.45, 7) is 8.86. The highest BCUT2D eigenvalue weighted by Gasteiger charge is 2.14. The van der Waals surface area contributed by atoms with E-state index in [4.69, 9.17) is 0 Å². The first kappa shape index (κ1) is 10.2. The fourth-order valence-corrected chi connectivity index (χ4v) is 1.37. The fraction of sp³-hybridized carbons (Fsp3) is 0.700. The summed E-state index contributed by atoms with van der Waals surface area (Å²) in [5, 5.41) is 3.89. The molecule has 1 radical (unpaired) electrons. The number of hydrogen-bond acceptors (Lipinski definition) is 1. The number of hydrogen-bond donors (Lipinski definition) is 0. The van der Waals surface area contributed by atoms with Gasteiger partial charge in [0, 0.05) is 6.54 Å². The Labute approximate surface area is 78.8 Å². The molecule has 0 saturated carbocycles. The van der Waals surface area contributed by atoms with Crippen molar-refractivity contribution in [3.63, 3.8) is 0 Å². The zero-order valence-corrected chi connectivity index (χ0v) is 8.63. The molecule has 0 amide bonds. The highest BCUT2D eigenvalue weighted by atomic mass is 19.1. The molecule has 0 aliphatic carbocycles. The first-order chi connectivity index (χ1) is 6.02. The van der Waals surface area contributed by atoms with Crippen LogP contribution in [-0.4, -0.2) is 9.78 Å². The van der Waals surface area contributed by atoms with Gasteiger partial charge in [-0.25, -0.2) is 4.39 Å². The maximum atomic E-state index is 13.2. The summed E-state index contributed by atoms with van der Waals surface area (Å²) in [5.74, 6) is 0.332. The second-order valence-corrected chi connectivity index (χ2v) is 4.04. The molecular weight excluding hydrogens is 167 g/mol. The van der Waals surface area contributed by atoms with E-state index in [1.54, 1.807) is 4.68 Å². The van der Waals surface area contributed by atoms with Crippen molar-refractivity contribution in [3.05, 3.63) is 17.7 Å². The van der Waals surface area contributed by atoms with Crippen LogP contribution in [0.2, 0.25) is 0 Å². The molecule has 73 valence electrons. The van der Waals surface area contributed by atoms with Crippen LogP contribution in [0.15, 0.2) is 0 Å². The zero-order valence-electron chi connectivity index (χ0n) is 8.63. The van der Waals surface area contributed by atoms with Crippen molar-refractivity contribution < 1.29 is 4.39 Å². The number of aromatic nitrogens is 2. The van der Waals surface area contributed by atoms with Gasteiger partial charge in [-0.1, -0.05) is 27.7 Å². The number of nitrogens with zero attached hydrogens (tertiary/aromatic N) is 2. The van der Waals surface area contributed by atoms with Gasteiger partial charge in [-0.3, -0.25) is 4.68 Å². The SMILES string of the molecule is CC(C)Cn1n[c]c(F)c1C(C)C. The summed E-state index contributed by atoms with van der Waals surface area (Å²) in [4.78, 5) is 0. The van der Waals surface area contributed by atoms with E-state index in [0.717, 1.165) is 6.54 Å². The minimum Gasteiger partial charge on any atom is -0.265 e. The van der Waals surface area contributed by atoms with Gasteiger partial charge < -0.3 is 0 Å². The first-order valence-electron chi connectivity index (χ1n) is 4.66. The van der Waals surface area contributed by atoms with Gasteiger partial charge >= 0.3 is 0 Å². The predicted octanol–water partition coefficient (Wildman–Crippen LogP) is 2.60. The summed E-state index contributed by atoms with van der Waals surface area (Å²) >= 11 is 0. The standard InChI is InChI=1S/C10H16FN2/c1-7(2)6-13-10(8(3)4)9(11)5-12-13/h7-8H,6H2,1-4H3. The lowest BCUT2D eigenvalue weighted by Gasteiger charge is -2.11. The van der Waals surface area contributed by atoms with Crippen molar-refractivity contribution in [1.29, 1.82) is 0 Å². The lowest BCUT2D eigenvalue weighted by Crippen LogP contribution is -2.11. The highest BCUT2D eigenvalue weighted by Crippen LogP contribution is 2.18. The smallest absolute Gasteiger partial charge is 0.174 e. The third-order valence-electron chi connectivity index (χ3n) is 1.86. The molecule has 0 aromatic carbocycles. The monoisotopic (exact) mass is 183 g/mol. The lowest BCUT2D eigenvalue weighted by atomic mass is 10.1. The topological polar surface area (TPSA) is 17.8 Å². The van der Waals surface area contributed by atoms with Gasteiger partial charge in [0.1, 0.15) is 0 Å². The van der Waals surface area contributed by atoms with Crippen molar-refractivity contribution in [2.45, 2.75) is 40.2 Å². The van der Waals surface area contributed by atoms with Crippen LogP contribution in [0.1, 0.15) is 39.3 Å². The molecule has 0 aliphatic heterocycles. The Balaban J connectivity index is 2.94. The van der Waals surface area contributed by atoms with Gasteiger partial charge in [0.25, 0.3) is 0 Å². The van der Waals surface area contributed by atoms with Crippen LogP contribution in [0.25, 0.3) is 0 Å². The Hall–Kier alpha value is -0.860. The second kappa shape index (κ2) is 3.90. The highest BCUT2D eigenvalue weighted by molar-refractivity contribution is 5.07. The molecule has 0 N–H and O–H groups in total. The molecule has 0 spiro atoms.